The first-order valence-corrected chi connectivity index (χ1v) is 9.59. The van der Waals surface area contributed by atoms with Crippen molar-refractivity contribution in [1.82, 2.24) is 10.3 Å². The van der Waals surface area contributed by atoms with E-state index < -0.39 is 0 Å². The third-order valence-corrected chi connectivity index (χ3v) is 5.71. The molecule has 0 fully saturated rings. The summed E-state index contributed by atoms with van der Waals surface area (Å²) >= 11 is 1.66. The quantitative estimate of drug-likeness (QED) is 0.608. The van der Waals surface area contributed by atoms with Crippen LogP contribution in [0.25, 0.3) is 10.2 Å². The number of likely N-dealkylation sites (N-methyl/N-ethyl adjacent to an activating group) is 1. The summed E-state index contributed by atoms with van der Waals surface area (Å²) < 4.78 is 1.16. The molecule has 0 aliphatic rings. The Hall–Kier alpha value is -2.77. The molecule has 3 N–H and O–H groups in total. The number of aromatic nitrogens is 1. The molecule has 1 unspecified atom stereocenters. The molecule has 1 aromatic heterocycles. The van der Waals surface area contributed by atoms with E-state index in [1.165, 1.54) is 0 Å². The molecule has 3 rings (SSSR count). The molecule has 1 heterocycles. The van der Waals surface area contributed by atoms with Crippen molar-refractivity contribution in [3.8, 4) is 0 Å². The minimum absolute atomic E-state index is 0.102. The van der Waals surface area contributed by atoms with Crippen LogP contribution in [0.15, 0.2) is 48.5 Å². The first-order chi connectivity index (χ1) is 13.0. The number of amides is 2. The fraction of sp³-hybridized carbons (Fsp3) is 0.250. The average molecular weight is 383 g/mol. The van der Waals surface area contributed by atoms with E-state index in [2.05, 4.69) is 28.6 Å². The Balaban J connectivity index is 1.64. The Labute approximate surface area is 162 Å². The Morgan fingerprint density at radius 1 is 1.19 bits per heavy atom. The molecule has 0 aliphatic carbocycles. The molecule has 0 saturated carbocycles. The van der Waals surface area contributed by atoms with Gasteiger partial charge in [-0.05, 0) is 37.3 Å². The first kappa shape index (κ1) is 19.0. The van der Waals surface area contributed by atoms with Crippen LogP contribution in [0.3, 0.4) is 0 Å². The predicted molar refractivity (Wildman–Crippen MR) is 108 cm³/mol. The van der Waals surface area contributed by atoms with Crippen LogP contribution in [0, 0.1) is 0 Å². The summed E-state index contributed by atoms with van der Waals surface area (Å²) in [7, 11) is 3.56. The van der Waals surface area contributed by atoms with Crippen molar-refractivity contribution >= 4 is 39.1 Å². The van der Waals surface area contributed by atoms with Crippen LogP contribution in [0.2, 0.25) is 0 Å². The number of rotatable bonds is 6. The van der Waals surface area contributed by atoms with Gasteiger partial charge in [0.25, 0.3) is 11.8 Å². The summed E-state index contributed by atoms with van der Waals surface area (Å²) in [4.78, 5) is 29.9. The number of benzene rings is 2. The summed E-state index contributed by atoms with van der Waals surface area (Å²) in [6, 6.07) is 15.1. The number of quaternary nitrogens is 1. The second-order valence-corrected chi connectivity index (χ2v) is 7.53. The van der Waals surface area contributed by atoms with Gasteiger partial charge in [0.1, 0.15) is 6.04 Å². The molecular weight excluding hydrogens is 360 g/mol. The highest BCUT2D eigenvalue weighted by Crippen LogP contribution is 2.24. The predicted octanol–water partition coefficient (Wildman–Crippen LogP) is 1.87. The lowest BCUT2D eigenvalue weighted by Crippen LogP contribution is -3.10. The maximum Gasteiger partial charge on any atom is 0.279 e. The number of fused-ring (bicyclic) bond motifs is 1. The van der Waals surface area contributed by atoms with Gasteiger partial charge in [-0.1, -0.05) is 18.2 Å². The number of nitrogens with zero attached hydrogens (tertiary/aromatic N) is 1. The standard InChI is InChI=1S/C20H22N4O2S/c1-13(20-23-16-9-4-5-10-17(16)27-20)24(3)12-18(25)22-15-8-6-7-14(11-15)19(26)21-2/h4-11,13H,12H2,1-3H3,(H,21,26)(H,22,25)/p+1/t13-/m1/s1. The largest absolute Gasteiger partial charge is 0.355 e. The van der Waals surface area contributed by atoms with Gasteiger partial charge in [0.05, 0.1) is 17.3 Å². The van der Waals surface area contributed by atoms with E-state index >= 15 is 0 Å². The second-order valence-electron chi connectivity index (χ2n) is 6.47. The lowest BCUT2D eigenvalue weighted by molar-refractivity contribution is -0.902. The SMILES string of the molecule is CNC(=O)c1cccc(NC(=O)C[NH+](C)[C@H](C)c2nc3ccccc3s2)c1. The molecule has 27 heavy (non-hydrogen) atoms. The molecule has 0 saturated heterocycles. The van der Waals surface area contributed by atoms with Crippen LogP contribution < -0.4 is 15.5 Å². The summed E-state index contributed by atoms with van der Waals surface area (Å²) in [6.45, 7) is 2.38. The van der Waals surface area contributed by atoms with Crippen molar-refractivity contribution in [2.75, 3.05) is 26.0 Å². The van der Waals surface area contributed by atoms with Crippen molar-refractivity contribution in [1.29, 1.82) is 0 Å². The topological polar surface area (TPSA) is 75.5 Å². The highest BCUT2D eigenvalue weighted by molar-refractivity contribution is 7.18. The number of carbonyl (C=O) groups excluding carboxylic acids is 2. The first-order valence-electron chi connectivity index (χ1n) is 8.77. The van der Waals surface area contributed by atoms with E-state index in [9.17, 15) is 9.59 Å². The minimum Gasteiger partial charge on any atom is -0.355 e. The molecule has 2 amide bonds. The molecule has 7 heteroatoms. The minimum atomic E-state index is -0.182. The number of thiazole rings is 1. The molecule has 2 aromatic carbocycles. The number of carbonyl (C=O) groups is 2. The van der Waals surface area contributed by atoms with Gasteiger partial charge in [-0.25, -0.2) is 4.98 Å². The lowest BCUT2D eigenvalue weighted by atomic mass is 10.2. The number of hydrogen-bond donors (Lipinski definition) is 3. The van der Waals surface area contributed by atoms with Crippen LogP contribution in [0.1, 0.15) is 28.3 Å². The van der Waals surface area contributed by atoms with Crippen LogP contribution in [0.4, 0.5) is 5.69 Å². The van der Waals surface area contributed by atoms with Crippen molar-refractivity contribution in [2.45, 2.75) is 13.0 Å². The number of para-hydroxylation sites is 1. The van der Waals surface area contributed by atoms with Gasteiger partial charge in [-0.3, -0.25) is 9.59 Å². The smallest absolute Gasteiger partial charge is 0.279 e. The Morgan fingerprint density at radius 2 is 1.96 bits per heavy atom. The molecule has 140 valence electrons. The van der Waals surface area contributed by atoms with E-state index in [0.29, 0.717) is 17.8 Å². The van der Waals surface area contributed by atoms with E-state index in [1.54, 1.807) is 42.6 Å². The van der Waals surface area contributed by atoms with Gasteiger partial charge in [-0.15, -0.1) is 11.3 Å². The number of hydrogen-bond acceptors (Lipinski definition) is 4. The van der Waals surface area contributed by atoms with Crippen molar-refractivity contribution in [3.05, 3.63) is 59.1 Å². The zero-order chi connectivity index (χ0) is 19.4. The Kier molecular flexibility index (Phi) is 5.83. The van der Waals surface area contributed by atoms with Crippen LogP contribution in [0.5, 0.6) is 0 Å². The van der Waals surface area contributed by atoms with Gasteiger partial charge in [0.15, 0.2) is 11.6 Å². The molecule has 3 aromatic rings. The molecule has 0 spiro atoms. The van der Waals surface area contributed by atoms with Crippen LogP contribution >= 0.6 is 11.3 Å². The average Bonchev–Trinajstić information content (AvgIpc) is 3.10. The highest BCUT2D eigenvalue weighted by Gasteiger charge is 2.22. The fourth-order valence-electron chi connectivity index (χ4n) is 2.78. The summed E-state index contributed by atoms with van der Waals surface area (Å²) in [5.74, 6) is -0.284. The van der Waals surface area contributed by atoms with Gasteiger partial charge in [0.2, 0.25) is 0 Å². The molecule has 0 radical (unpaired) electrons. The van der Waals surface area contributed by atoms with Crippen molar-refractivity contribution < 1.29 is 14.5 Å². The van der Waals surface area contributed by atoms with Crippen LogP contribution in [-0.4, -0.2) is 37.4 Å². The number of anilines is 1. The lowest BCUT2D eigenvalue weighted by Gasteiger charge is -2.19. The third kappa shape index (κ3) is 4.50. The highest BCUT2D eigenvalue weighted by atomic mass is 32.1. The normalized spacial score (nSPS) is 13.1. The molecule has 0 aliphatic heterocycles. The number of nitrogens with one attached hydrogen (secondary N) is 3. The van der Waals surface area contributed by atoms with Gasteiger partial charge in [0, 0.05) is 18.3 Å². The van der Waals surface area contributed by atoms with Gasteiger partial charge in [-0.2, -0.15) is 0 Å². The van der Waals surface area contributed by atoms with Crippen LogP contribution in [-0.2, 0) is 4.79 Å². The Bertz CT molecular complexity index is 936. The molecular formula is C20H23N4O2S+. The van der Waals surface area contributed by atoms with Crippen molar-refractivity contribution in [2.24, 2.45) is 0 Å². The summed E-state index contributed by atoms with van der Waals surface area (Å²) in [6.07, 6.45) is 0. The van der Waals surface area contributed by atoms with E-state index in [-0.39, 0.29) is 17.9 Å². The molecule has 0 bridgehead atoms. The fourth-order valence-corrected chi connectivity index (χ4v) is 3.89. The zero-order valence-electron chi connectivity index (χ0n) is 15.6. The third-order valence-electron chi connectivity index (χ3n) is 4.50. The second kappa shape index (κ2) is 8.28. The maximum absolute atomic E-state index is 12.4. The van der Waals surface area contributed by atoms with Crippen molar-refractivity contribution in [3.63, 3.8) is 0 Å². The Morgan fingerprint density at radius 3 is 2.70 bits per heavy atom. The van der Waals surface area contributed by atoms with E-state index in [4.69, 9.17) is 0 Å². The molecule has 2 atom stereocenters. The summed E-state index contributed by atoms with van der Waals surface area (Å²) in [5, 5.41) is 6.46. The van der Waals surface area contributed by atoms with E-state index in [1.807, 2.05) is 25.2 Å². The monoisotopic (exact) mass is 383 g/mol. The van der Waals surface area contributed by atoms with E-state index in [0.717, 1.165) is 20.1 Å². The summed E-state index contributed by atoms with van der Waals surface area (Å²) in [5.41, 5.74) is 2.12. The van der Waals surface area contributed by atoms with Gasteiger partial charge >= 0.3 is 0 Å². The zero-order valence-corrected chi connectivity index (χ0v) is 16.4. The maximum atomic E-state index is 12.4. The van der Waals surface area contributed by atoms with Gasteiger partial charge < -0.3 is 15.5 Å². The molecule has 6 nitrogen and oxygen atoms in total.